The summed E-state index contributed by atoms with van der Waals surface area (Å²) in [5.41, 5.74) is 0.231. The highest BCUT2D eigenvalue weighted by molar-refractivity contribution is 9.11. The molecule has 1 saturated heterocycles. The lowest BCUT2D eigenvalue weighted by molar-refractivity contribution is 0.120. The first-order chi connectivity index (χ1) is 9.15. The number of ether oxygens (including phenoxy) is 1. The summed E-state index contributed by atoms with van der Waals surface area (Å²) >= 11 is 6.75. The third-order valence-corrected chi connectivity index (χ3v) is 3.96. The predicted octanol–water partition coefficient (Wildman–Crippen LogP) is 2.55. The summed E-state index contributed by atoms with van der Waals surface area (Å²) in [6.45, 7) is 2.58. The van der Waals surface area contributed by atoms with E-state index in [4.69, 9.17) is 9.15 Å². The average Bonchev–Trinajstić information content (AvgIpc) is 2.41. The zero-order chi connectivity index (χ0) is 13.4. The minimum Gasteiger partial charge on any atom is -0.424 e. The predicted molar refractivity (Wildman–Crippen MR) is 78.7 cm³/mol. The molecule has 0 amide bonds. The number of halogens is 2. The first-order valence-electron chi connectivity index (χ1n) is 5.78. The Balaban J connectivity index is 2.15. The first-order valence-corrected chi connectivity index (χ1v) is 7.36. The molecule has 5 nitrogen and oxygen atoms in total. The molecule has 2 heterocycles. The van der Waals surface area contributed by atoms with Crippen molar-refractivity contribution in [2.45, 2.75) is 0 Å². The molecule has 19 heavy (non-hydrogen) atoms. The van der Waals surface area contributed by atoms with Crippen LogP contribution in [0.15, 0.2) is 30.3 Å². The van der Waals surface area contributed by atoms with Gasteiger partial charge in [0.2, 0.25) is 0 Å². The smallest absolute Gasteiger partial charge is 0.301 e. The Morgan fingerprint density at radius 1 is 1.21 bits per heavy atom. The van der Waals surface area contributed by atoms with Crippen molar-refractivity contribution in [1.82, 2.24) is 4.98 Å². The molecule has 0 spiro atoms. The van der Waals surface area contributed by atoms with E-state index in [1.807, 2.05) is 11.0 Å². The molecule has 0 unspecified atom stereocenters. The van der Waals surface area contributed by atoms with Crippen molar-refractivity contribution in [2.24, 2.45) is 0 Å². The van der Waals surface area contributed by atoms with E-state index in [1.54, 1.807) is 6.07 Å². The Bertz CT molecular complexity index is 680. The second-order valence-electron chi connectivity index (χ2n) is 4.17. The molecule has 1 aliphatic rings. The van der Waals surface area contributed by atoms with Crippen LogP contribution in [-0.4, -0.2) is 31.3 Å². The van der Waals surface area contributed by atoms with Gasteiger partial charge in [-0.1, -0.05) is 15.9 Å². The molecule has 100 valence electrons. The number of nitrogens with zero attached hydrogens (tertiary/aromatic N) is 2. The molecule has 0 N–H and O–H groups in total. The standard InChI is InChI=1S/C12H10Br2N2O3/c13-7-5-8-10(9(14)6-7)19-12(15-11(8)17)16-1-3-18-4-2-16/h5-6H,1-4H2. The fourth-order valence-corrected chi connectivity index (χ4v) is 3.28. The van der Waals surface area contributed by atoms with E-state index in [0.717, 1.165) is 8.95 Å². The summed E-state index contributed by atoms with van der Waals surface area (Å²) in [6, 6.07) is 3.90. The van der Waals surface area contributed by atoms with E-state index in [-0.39, 0.29) is 5.56 Å². The minimum absolute atomic E-state index is 0.287. The summed E-state index contributed by atoms with van der Waals surface area (Å²) in [4.78, 5) is 18.0. The highest BCUT2D eigenvalue weighted by Crippen LogP contribution is 2.28. The lowest BCUT2D eigenvalue weighted by Crippen LogP contribution is -2.37. The molecule has 0 radical (unpaired) electrons. The van der Waals surface area contributed by atoms with Gasteiger partial charge >= 0.3 is 6.01 Å². The van der Waals surface area contributed by atoms with Crippen LogP contribution in [0.1, 0.15) is 0 Å². The van der Waals surface area contributed by atoms with Gasteiger partial charge in [0.05, 0.1) is 23.1 Å². The van der Waals surface area contributed by atoms with Crippen molar-refractivity contribution in [3.63, 3.8) is 0 Å². The molecule has 0 saturated carbocycles. The van der Waals surface area contributed by atoms with Crippen molar-refractivity contribution >= 4 is 48.8 Å². The lowest BCUT2D eigenvalue weighted by Gasteiger charge is -2.25. The zero-order valence-electron chi connectivity index (χ0n) is 9.86. The second-order valence-corrected chi connectivity index (χ2v) is 5.94. The Kier molecular flexibility index (Phi) is 3.60. The van der Waals surface area contributed by atoms with E-state index in [9.17, 15) is 4.79 Å². The van der Waals surface area contributed by atoms with Gasteiger partial charge in [-0.25, -0.2) is 0 Å². The molecule has 1 aliphatic heterocycles. The van der Waals surface area contributed by atoms with Crippen molar-refractivity contribution in [3.05, 3.63) is 31.4 Å². The summed E-state index contributed by atoms with van der Waals surface area (Å²) < 4.78 is 12.6. The third-order valence-electron chi connectivity index (χ3n) is 2.91. The van der Waals surface area contributed by atoms with Gasteiger partial charge in [0, 0.05) is 17.6 Å². The van der Waals surface area contributed by atoms with E-state index < -0.39 is 0 Å². The Morgan fingerprint density at radius 2 is 1.95 bits per heavy atom. The van der Waals surface area contributed by atoms with Crippen LogP contribution in [0.25, 0.3) is 11.0 Å². The largest absolute Gasteiger partial charge is 0.424 e. The molecule has 1 aromatic carbocycles. The van der Waals surface area contributed by atoms with Gasteiger partial charge in [0.25, 0.3) is 5.56 Å². The van der Waals surface area contributed by atoms with Crippen LogP contribution >= 0.6 is 31.9 Å². The SMILES string of the molecule is O=c1nc(N2CCOCC2)oc2c(Br)cc(Br)cc12. The van der Waals surface area contributed by atoms with Crippen LogP contribution in [0.3, 0.4) is 0 Å². The van der Waals surface area contributed by atoms with Crippen molar-refractivity contribution in [1.29, 1.82) is 0 Å². The molecule has 1 aromatic heterocycles. The number of hydrogen-bond acceptors (Lipinski definition) is 5. The lowest BCUT2D eigenvalue weighted by atomic mass is 10.2. The molecule has 2 aromatic rings. The van der Waals surface area contributed by atoms with Crippen LogP contribution in [0, 0.1) is 0 Å². The number of fused-ring (bicyclic) bond motifs is 1. The number of rotatable bonds is 1. The fourth-order valence-electron chi connectivity index (χ4n) is 1.97. The molecule has 3 rings (SSSR count). The molecular formula is C12H10Br2N2O3. The number of anilines is 1. The summed E-state index contributed by atoms with van der Waals surface area (Å²) in [5, 5.41) is 0.457. The zero-order valence-corrected chi connectivity index (χ0v) is 13.0. The van der Waals surface area contributed by atoms with Crippen LogP contribution in [-0.2, 0) is 4.74 Å². The highest BCUT2D eigenvalue weighted by Gasteiger charge is 2.18. The Morgan fingerprint density at radius 3 is 2.68 bits per heavy atom. The van der Waals surface area contributed by atoms with Gasteiger partial charge in [-0.3, -0.25) is 4.79 Å². The molecule has 1 fully saturated rings. The Hall–Kier alpha value is -0.920. The second kappa shape index (κ2) is 5.22. The topological polar surface area (TPSA) is 55.6 Å². The van der Waals surface area contributed by atoms with Gasteiger partial charge in [-0.05, 0) is 28.1 Å². The fraction of sp³-hybridized carbons (Fsp3) is 0.333. The molecule has 0 aliphatic carbocycles. The summed E-state index contributed by atoms with van der Waals surface area (Å²) in [7, 11) is 0. The van der Waals surface area contributed by atoms with E-state index >= 15 is 0 Å². The monoisotopic (exact) mass is 388 g/mol. The first kappa shape index (κ1) is 13.1. The van der Waals surface area contributed by atoms with Crippen LogP contribution in [0.4, 0.5) is 6.01 Å². The van der Waals surface area contributed by atoms with Crippen LogP contribution < -0.4 is 10.5 Å². The maximum atomic E-state index is 12.1. The maximum Gasteiger partial charge on any atom is 0.301 e. The quantitative estimate of drug-likeness (QED) is 0.750. The van der Waals surface area contributed by atoms with Crippen molar-refractivity contribution < 1.29 is 9.15 Å². The van der Waals surface area contributed by atoms with Crippen LogP contribution in [0.5, 0.6) is 0 Å². The van der Waals surface area contributed by atoms with Crippen molar-refractivity contribution in [3.8, 4) is 0 Å². The number of benzene rings is 1. The van der Waals surface area contributed by atoms with Gasteiger partial charge < -0.3 is 14.1 Å². The Labute approximate surface area is 125 Å². The van der Waals surface area contributed by atoms with Gasteiger partial charge in [0.15, 0.2) is 5.58 Å². The minimum atomic E-state index is -0.287. The van der Waals surface area contributed by atoms with E-state index in [0.29, 0.717) is 43.3 Å². The molecule has 0 atom stereocenters. The number of aromatic nitrogens is 1. The maximum absolute atomic E-state index is 12.1. The normalized spacial score (nSPS) is 16.0. The molecule has 0 bridgehead atoms. The van der Waals surface area contributed by atoms with E-state index in [1.165, 1.54) is 0 Å². The van der Waals surface area contributed by atoms with E-state index in [2.05, 4.69) is 36.8 Å². The van der Waals surface area contributed by atoms with Crippen LogP contribution in [0.2, 0.25) is 0 Å². The molecule has 7 heteroatoms. The third kappa shape index (κ3) is 2.54. The van der Waals surface area contributed by atoms with Gasteiger partial charge in [0.1, 0.15) is 0 Å². The average molecular weight is 390 g/mol. The van der Waals surface area contributed by atoms with Gasteiger partial charge in [-0.2, -0.15) is 4.98 Å². The number of hydrogen-bond donors (Lipinski definition) is 0. The molecular weight excluding hydrogens is 380 g/mol. The highest BCUT2D eigenvalue weighted by atomic mass is 79.9. The summed E-state index contributed by atoms with van der Waals surface area (Å²) in [6.07, 6.45) is 0. The van der Waals surface area contributed by atoms with Crippen molar-refractivity contribution in [2.75, 3.05) is 31.2 Å². The van der Waals surface area contributed by atoms with Gasteiger partial charge in [-0.15, -0.1) is 0 Å². The number of morpholine rings is 1. The summed E-state index contributed by atoms with van der Waals surface area (Å²) in [5.74, 6) is 0.